The van der Waals surface area contributed by atoms with Gasteiger partial charge in [-0.3, -0.25) is 9.59 Å². The van der Waals surface area contributed by atoms with Crippen LogP contribution in [0.3, 0.4) is 0 Å². The third-order valence-corrected chi connectivity index (χ3v) is 6.02. The molecule has 0 aliphatic carbocycles. The van der Waals surface area contributed by atoms with Gasteiger partial charge in [-0.1, -0.05) is 13.8 Å². The van der Waals surface area contributed by atoms with Gasteiger partial charge in [0, 0.05) is 18.2 Å². The summed E-state index contributed by atoms with van der Waals surface area (Å²) in [6.07, 6.45) is 1.17. The second kappa shape index (κ2) is 9.94. The van der Waals surface area contributed by atoms with E-state index in [1.165, 1.54) is 0 Å². The molecule has 0 spiro atoms. The van der Waals surface area contributed by atoms with Crippen molar-refractivity contribution in [2.24, 2.45) is 5.41 Å². The van der Waals surface area contributed by atoms with Crippen LogP contribution in [0.1, 0.15) is 26.7 Å². The molecule has 10 nitrogen and oxygen atoms in total. The van der Waals surface area contributed by atoms with Crippen LogP contribution in [0.25, 0.3) is 11.3 Å². The van der Waals surface area contributed by atoms with E-state index in [9.17, 15) is 9.59 Å². The van der Waals surface area contributed by atoms with Gasteiger partial charge in [0.1, 0.15) is 18.0 Å². The lowest BCUT2D eigenvalue weighted by Crippen LogP contribution is -2.45. The topological polar surface area (TPSA) is 132 Å². The number of carbonyl (C=O) groups is 2. The number of carboxylic acids is 1. The molecular formula is C24H30N4O6. The highest BCUT2D eigenvalue weighted by Gasteiger charge is 2.48. The molecule has 0 saturated carbocycles. The standard InChI is InChI=1S/C24H30N4O6/c1-24(2,11-20(30)31)10-19(29)26-17-12-33-22-18(13-34-21(17)22)28-23-25-9-8-16(27-23)14-4-6-15(32-3)7-5-14/h4-9,17-18,21-22H,10-13H2,1-3H3,(H,26,29)(H,30,31)(H,25,27,28). The van der Waals surface area contributed by atoms with Crippen LogP contribution < -0.4 is 15.4 Å². The maximum atomic E-state index is 12.5. The van der Waals surface area contributed by atoms with Crippen LogP contribution in [0.4, 0.5) is 5.95 Å². The molecule has 3 heterocycles. The average molecular weight is 471 g/mol. The SMILES string of the molecule is COc1ccc(-c2ccnc(NC3COC4C(NC(=O)CC(C)(C)CC(=O)O)COC34)n2)cc1. The number of nitrogens with zero attached hydrogens (tertiary/aromatic N) is 2. The fourth-order valence-corrected chi connectivity index (χ4v) is 4.43. The van der Waals surface area contributed by atoms with Gasteiger partial charge in [0.15, 0.2) is 0 Å². The largest absolute Gasteiger partial charge is 0.497 e. The number of aliphatic carboxylic acids is 1. The van der Waals surface area contributed by atoms with Gasteiger partial charge < -0.3 is 30.0 Å². The van der Waals surface area contributed by atoms with Crippen molar-refractivity contribution in [2.75, 3.05) is 25.6 Å². The molecule has 2 aliphatic rings. The van der Waals surface area contributed by atoms with Gasteiger partial charge in [0.05, 0.1) is 44.5 Å². The van der Waals surface area contributed by atoms with E-state index in [1.807, 2.05) is 30.3 Å². The van der Waals surface area contributed by atoms with Crippen LogP contribution >= 0.6 is 0 Å². The van der Waals surface area contributed by atoms with E-state index in [-0.39, 0.29) is 43.0 Å². The molecule has 34 heavy (non-hydrogen) atoms. The van der Waals surface area contributed by atoms with E-state index in [2.05, 4.69) is 20.6 Å². The first kappa shape index (κ1) is 23.9. The van der Waals surface area contributed by atoms with Crippen molar-refractivity contribution >= 4 is 17.8 Å². The van der Waals surface area contributed by atoms with E-state index in [4.69, 9.17) is 19.3 Å². The molecule has 1 amide bonds. The maximum Gasteiger partial charge on any atom is 0.303 e. The minimum atomic E-state index is -0.923. The zero-order valence-electron chi connectivity index (χ0n) is 19.5. The summed E-state index contributed by atoms with van der Waals surface area (Å²) in [6.45, 7) is 4.25. The van der Waals surface area contributed by atoms with Gasteiger partial charge in [-0.15, -0.1) is 0 Å². The highest BCUT2D eigenvalue weighted by atomic mass is 16.6. The number of rotatable bonds is 9. The molecule has 0 radical (unpaired) electrons. The van der Waals surface area contributed by atoms with E-state index in [0.717, 1.165) is 17.0 Å². The Bertz CT molecular complexity index is 1030. The first-order valence-corrected chi connectivity index (χ1v) is 11.2. The lowest BCUT2D eigenvalue weighted by molar-refractivity contribution is -0.139. The molecule has 2 saturated heterocycles. The number of amides is 1. The Labute approximate surface area is 198 Å². The molecular weight excluding hydrogens is 440 g/mol. The molecule has 1 aromatic carbocycles. The summed E-state index contributed by atoms with van der Waals surface area (Å²) in [7, 11) is 1.62. The molecule has 4 atom stereocenters. The quantitative estimate of drug-likeness (QED) is 0.504. The summed E-state index contributed by atoms with van der Waals surface area (Å²) in [6, 6.07) is 9.01. The minimum absolute atomic E-state index is 0.0777. The van der Waals surface area contributed by atoms with Crippen molar-refractivity contribution in [1.82, 2.24) is 15.3 Å². The van der Waals surface area contributed by atoms with E-state index in [0.29, 0.717) is 19.2 Å². The normalized spacial score (nSPS) is 23.9. The van der Waals surface area contributed by atoms with Gasteiger partial charge in [0.2, 0.25) is 11.9 Å². The second-order valence-corrected chi connectivity index (χ2v) is 9.43. The van der Waals surface area contributed by atoms with Crippen LogP contribution in [0.15, 0.2) is 36.5 Å². The Hall–Kier alpha value is -3.24. The lowest BCUT2D eigenvalue weighted by atomic mass is 9.85. The van der Waals surface area contributed by atoms with Gasteiger partial charge in [-0.2, -0.15) is 0 Å². The highest BCUT2D eigenvalue weighted by molar-refractivity contribution is 5.78. The van der Waals surface area contributed by atoms with Crippen LogP contribution in [-0.2, 0) is 19.1 Å². The van der Waals surface area contributed by atoms with Gasteiger partial charge in [0.25, 0.3) is 0 Å². The molecule has 2 aromatic rings. The molecule has 4 rings (SSSR count). The van der Waals surface area contributed by atoms with Gasteiger partial charge in [-0.25, -0.2) is 9.97 Å². The number of nitrogens with one attached hydrogen (secondary N) is 2. The third kappa shape index (κ3) is 5.63. The lowest BCUT2D eigenvalue weighted by Gasteiger charge is -2.24. The summed E-state index contributed by atoms with van der Waals surface area (Å²) in [5, 5.41) is 15.3. The number of carbonyl (C=O) groups excluding carboxylic acids is 1. The van der Waals surface area contributed by atoms with Gasteiger partial charge in [-0.05, 0) is 35.7 Å². The summed E-state index contributed by atoms with van der Waals surface area (Å²) in [5.74, 6) is 0.106. The molecule has 1 aromatic heterocycles. The van der Waals surface area contributed by atoms with Crippen molar-refractivity contribution in [3.05, 3.63) is 36.5 Å². The van der Waals surface area contributed by atoms with Gasteiger partial charge >= 0.3 is 5.97 Å². The first-order valence-electron chi connectivity index (χ1n) is 11.2. The Morgan fingerprint density at radius 1 is 1.09 bits per heavy atom. The Kier molecular flexibility index (Phi) is 6.99. The van der Waals surface area contributed by atoms with Crippen molar-refractivity contribution < 1.29 is 28.9 Å². The summed E-state index contributed by atoms with van der Waals surface area (Å²) in [5.41, 5.74) is 1.08. The van der Waals surface area contributed by atoms with Crippen molar-refractivity contribution in [1.29, 1.82) is 0 Å². The zero-order valence-corrected chi connectivity index (χ0v) is 19.5. The minimum Gasteiger partial charge on any atom is -0.497 e. The monoisotopic (exact) mass is 470 g/mol. The van der Waals surface area contributed by atoms with Crippen LogP contribution in [-0.4, -0.2) is 71.6 Å². The Morgan fingerprint density at radius 3 is 2.44 bits per heavy atom. The number of carboxylic acid groups (broad SMARTS) is 1. The van der Waals surface area contributed by atoms with E-state index >= 15 is 0 Å². The average Bonchev–Trinajstić information content (AvgIpc) is 3.36. The molecule has 3 N–H and O–H groups in total. The van der Waals surface area contributed by atoms with E-state index in [1.54, 1.807) is 27.2 Å². The van der Waals surface area contributed by atoms with Crippen molar-refractivity contribution in [3.63, 3.8) is 0 Å². The maximum absolute atomic E-state index is 12.5. The number of anilines is 1. The summed E-state index contributed by atoms with van der Waals surface area (Å²) >= 11 is 0. The third-order valence-electron chi connectivity index (χ3n) is 6.02. The first-order chi connectivity index (χ1) is 16.2. The van der Waals surface area contributed by atoms with Crippen molar-refractivity contribution in [2.45, 2.75) is 51.0 Å². The predicted molar refractivity (Wildman–Crippen MR) is 123 cm³/mol. The fourth-order valence-electron chi connectivity index (χ4n) is 4.43. The van der Waals surface area contributed by atoms with Crippen molar-refractivity contribution in [3.8, 4) is 17.0 Å². The number of fused-ring (bicyclic) bond motifs is 1. The van der Waals surface area contributed by atoms with E-state index < -0.39 is 11.4 Å². The zero-order chi connectivity index (χ0) is 24.3. The number of hydrogen-bond acceptors (Lipinski definition) is 8. The molecule has 2 fully saturated rings. The van der Waals surface area contributed by atoms with Crippen LogP contribution in [0.2, 0.25) is 0 Å². The molecule has 10 heteroatoms. The number of aromatic nitrogens is 2. The summed E-state index contributed by atoms with van der Waals surface area (Å²) < 4.78 is 17.1. The summed E-state index contributed by atoms with van der Waals surface area (Å²) in [4.78, 5) is 32.5. The number of benzene rings is 1. The predicted octanol–water partition coefficient (Wildman–Crippen LogP) is 2.11. The fraction of sp³-hybridized carbons (Fsp3) is 0.500. The number of methoxy groups -OCH3 is 1. The molecule has 2 aliphatic heterocycles. The molecule has 4 unspecified atom stereocenters. The highest BCUT2D eigenvalue weighted by Crippen LogP contribution is 2.30. The number of ether oxygens (including phenoxy) is 3. The number of hydrogen-bond donors (Lipinski definition) is 3. The Balaban J connectivity index is 1.35. The van der Waals surface area contributed by atoms with Crippen LogP contribution in [0.5, 0.6) is 5.75 Å². The smallest absolute Gasteiger partial charge is 0.303 e. The molecule has 182 valence electrons. The molecule has 0 bridgehead atoms. The second-order valence-electron chi connectivity index (χ2n) is 9.43. The van der Waals surface area contributed by atoms with Crippen LogP contribution in [0, 0.1) is 5.41 Å². The Morgan fingerprint density at radius 2 is 1.76 bits per heavy atom.